The molecule has 0 aromatic heterocycles. The van der Waals surface area contributed by atoms with Gasteiger partial charge in [0.05, 0.1) is 10.5 Å². The summed E-state index contributed by atoms with van der Waals surface area (Å²) in [6.45, 7) is 3.93. The van der Waals surface area contributed by atoms with Gasteiger partial charge in [-0.2, -0.15) is 0 Å². The summed E-state index contributed by atoms with van der Waals surface area (Å²) in [4.78, 5) is 0. The zero-order valence-electron chi connectivity index (χ0n) is 12.4. The predicted molar refractivity (Wildman–Crippen MR) is 83.1 cm³/mol. The van der Waals surface area contributed by atoms with E-state index in [1.165, 1.54) is 5.56 Å². The first-order valence-corrected chi connectivity index (χ1v) is 9.37. The monoisotopic (exact) mass is 309 g/mol. The van der Waals surface area contributed by atoms with Gasteiger partial charge < -0.3 is 10.1 Å². The van der Waals surface area contributed by atoms with E-state index in [1.54, 1.807) is 0 Å². The summed E-state index contributed by atoms with van der Waals surface area (Å²) in [7, 11) is -3.14. The Morgan fingerprint density at radius 3 is 2.67 bits per heavy atom. The highest BCUT2D eigenvalue weighted by atomic mass is 32.2. The molecule has 1 saturated heterocycles. The van der Waals surface area contributed by atoms with Crippen molar-refractivity contribution in [2.75, 3.05) is 19.8 Å². The van der Waals surface area contributed by atoms with Crippen molar-refractivity contribution < 1.29 is 13.2 Å². The number of sulfone groups is 1. The summed E-state index contributed by atoms with van der Waals surface area (Å²) in [5, 5.41) is 2.81. The van der Waals surface area contributed by atoms with Gasteiger partial charge in [0.15, 0.2) is 9.84 Å². The van der Waals surface area contributed by atoms with E-state index in [0.29, 0.717) is 32.5 Å². The Kier molecular flexibility index (Phi) is 4.33. The molecule has 1 aliphatic carbocycles. The maximum atomic E-state index is 13.0. The van der Waals surface area contributed by atoms with E-state index in [9.17, 15) is 8.42 Å². The SMILES string of the molecule is CCNC1c2ccccc2CC1S(=O)(=O)C1CCOCC1. The van der Waals surface area contributed by atoms with Crippen molar-refractivity contribution in [3.63, 3.8) is 0 Å². The zero-order chi connectivity index (χ0) is 14.9. The number of hydrogen-bond acceptors (Lipinski definition) is 4. The predicted octanol–water partition coefficient (Wildman–Crippen LogP) is 1.86. The fourth-order valence-corrected chi connectivity index (χ4v) is 5.96. The van der Waals surface area contributed by atoms with E-state index in [1.807, 2.05) is 19.1 Å². The van der Waals surface area contributed by atoms with E-state index in [-0.39, 0.29) is 16.5 Å². The van der Waals surface area contributed by atoms with Crippen LogP contribution < -0.4 is 5.32 Å². The number of benzene rings is 1. The van der Waals surface area contributed by atoms with Crippen LogP contribution in [-0.2, 0) is 21.0 Å². The Hall–Kier alpha value is -0.910. The van der Waals surface area contributed by atoms with Crippen LogP contribution in [-0.4, -0.2) is 38.7 Å². The van der Waals surface area contributed by atoms with Gasteiger partial charge in [-0.3, -0.25) is 0 Å². The Labute approximate surface area is 126 Å². The molecule has 3 rings (SSSR count). The van der Waals surface area contributed by atoms with Gasteiger partial charge in [0.1, 0.15) is 0 Å². The number of hydrogen-bond donors (Lipinski definition) is 1. The van der Waals surface area contributed by atoms with E-state index in [0.717, 1.165) is 12.1 Å². The van der Waals surface area contributed by atoms with Crippen LogP contribution in [0, 0.1) is 0 Å². The van der Waals surface area contributed by atoms with Gasteiger partial charge in [-0.15, -0.1) is 0 Å². The van der Waals surface area contributed by atoms with Gasteiger partial charge in [-0.05, 0) is 36.9 Å². The van der Waals surface area contributed by atoms with E-state index >= 15 is 0 Å². The highest BCUT2D eigenvalue weighted by Crippen LogP contribution is 2.38. The molecule has 2 aliphatic rings. The summed E-state index contributed by atoms with van der Waals surface area (Å²) < 4.78 is 31.4. The van der Waals surface area contributed by atoms with E-state index in [2.05, 4.69) is 17.4 Å². The molecule has 4 nitrogen and oxygen atoms in total. The maximum absolute atomic E-state index is 13.0. The van der Waals surface area contributed by atoms with Gasteiger partial charge in [0.2, 0.25) is 0 Å². The van der Waals surface area contributed by atoms with Gasteiger partial charge in [0, 0.05) is 19.3 Å². The molecule has 5 heteroatoms. The molecule has 0 amide bonds. The number of rotatable bonds is 4. The summed E-state index contributed by atoms with van der Waals surface area (Å²) in [5.41, 5.74) is 2.32. The van der Waals surface area contributed by atoms with Crippen LogP contribution in [0.2, 0.25) is 0 Å². The normalized spacial score (nSPS) is 26.7. The molecule has 1 heterocycles. The largest absolute Gasteiger partial charge is 0.381 e. The van der Waals surface area contributed by atoms with E-state index < -0.39 is 9.84 Å². The maximum Gasteiger partial charge on any atom is 0.158 e. The smallest absolute Gasteiger partial charge is 0.158 e. The van der Waals surface area contributed by atoms with E-state index in [4.69, 9.17) is 4.74 Å². The lowest BCUT2D eigenvalue weighted by Gasteiger charge is -2.28. The summed E-state index contributed by atoms with van der Waals surface area (Å²) in [5.74, 6) is 0. The Bertz CT molecular complexity index is 593. The van der Waals surface area contributed by atoms with Crippen LogP contribution in [0.1, 0.15) is 36.9 Å². The highest BCUT2D eigenvalue weighted by molar-refractivity contribution is 7.92. The van der Waals surface area contributed by atoms with Gasteiger partial charge in [-0.25, -0.2) is 8.42 Å². The third-order valence-electron chi connectivity index (χ3n) is 4.66. The number of nitrogens with one attached hydrogen (secondary N) is 1. The first kappa shape index (κ1) is 15.0. The first-order chi connectivity index (χ1) is 10.1. The molecule has 1 aliphatic heterocycles. The second-order valence-corrected chi connectivity index (χ2v) is 8.33. The average Bonchev–Trinajstić information content (AvgIpc) is 2.88. The lowest BCUT2D eigenvalue weighted by Crippen LogP contribution is -2.41. The van der Waals surface area contributed by atoms with Crippen molar-refractivity contribution in [2.45, 2.75) is 42.7 Å². The molecule has 0 spiro atoms. The molecule has 2 atom stereocenters. The zero-order valence-corrected chi connectivity index (χ0v) is 13.2. The van der Waals surface area contributed by atoms with Crippen molar-refractivity contribution in [2.24, 2.45) is 0 Å². The lowest BCUT2D eigenvalue weighted by molar-refractivity contribution is 0.0981. The third-order valence-corrected chi connectivity index (χ3v) is 7.35. The van der Waals surface area contributed by atoms with Crippen molar-refractivity contribution in [3.8, 4) is 0 Å². The molecule has 0 radical (unpaired) electrons. The molecule has 116 valence electrons. The fraction of sp³-hybridized carbons (Fsp3) is 0.625. The van der Waals surface area contributed by atoms with Crippen LogP contribution in [0.3, 0.4) is 0 Å². The Balaban J connectivity index is 1.91. The molecule has 0 bridgehead atoms. The van der Waals surface area contributed by atoms with Crippen LogP contribution in [0.15, 0.2) is 24.3 Å². The molecule has 1 aromatic rings. The minimum absolute atomic E-state index is 0.0703. The van der Waals surface area contributed by atoms with Gasteiger partial charge >= 0.3 is 0 Å². The lowest BCUT2D eigenvalue weighted by atomic mass is 10.1. The summed E-state index contributed by atoms with van der Waals surface area (Å²) in [6, 6.07) is 8.03. The molecule has 2 unspecified atom stereocenters. The van der Waals surface area contributed by atoms with Gasteiger partial charge in [-0.1, -0.05) is 31.2 Å². The topological polar surface area (TPSA) is 55.4 Å². The summed E-state index contributed by atoms with van der Waals surface area (Å²) in [6.07, 6.45) is 1.90. The molecule has 1 N–H and O–H groups in total. The average molecular weight is 309 g/mol. The van der Waals surface area contributed by atoms with Crippen molar-refractivity contribution >= 4 is 9.84 Å². The molecular formula is C16H23NO3S. The van der Waals surface area contributed by atoms with Gasteiger partial charge in [0.25, 0.3) is 0 Å². The highest BCUT2D eigenvalue weighted by Gasteiger charge is 2.44. The van der Waals surface area contributed by atoms with Crippen LogP contribution in [0.5, 0.6) is 0 Å². The minimum atomic E-state index is -3.14. The Morgan fingerprint density at radius 2 is 1.95 bits per heavy atom. The molecule has 0 saturated carbocycles. The standard InChI is InChI=1S/C16H23NO3S/c1-2-17-16-14-6-4-3-5-12(14)11-15(16)21(18,19)13-7-9-20-10-8-13/h3-6,13,15-17H,2,7-11H2,1H3. The van der Waals surface area contributed by atoms with Crippen molar-refractivity contribution in [1.29, 1.82) is 0 Å². The fourth-order valence-electron chi connectivity index (χ4n) is 3.58. The molecule has 21 heavy (non-hydrogen) atoms. The van der Waals surface area contributed by atoms with Crippen LogP contribution in [0.4, 0.5) is 0 Å². The van der Waals surface area contributed by atoms with Crippen LogP contribution in [0.25, 0.3) is 0 Å². The molecular weight excluding hydrogens is 286 g/mol. The second kappa shape index (κ2) is 6.07. The van der Waals surface area contributed by atoms with Crippen molar-refractivity contribution in [1.82, 2.24) is 5.32 Å². The van der Waals surface area contributed by atoms with Crippen molar-refractivity contribution in [3.05, 3.63) is 35.4 Å². The Morgan fingerprint density at radius 1 is 1.24 bits per heavy atom. The second-order valence-electron chi connectivity index (χ2n) is 5.88. The minimum Gasteiger partial charge on any atom is -0.381 e. The first-order valence-electron chi connectivity index (χ1n) is 7.76. The van der Waals surface area contributed by atoms with Crippen LogP contribution >= 0.6 is 0 Å². The summed E-state index contributed by atoms with van der Waals surface area (Å²) >= 11 is 0. The molecule has 1 fully saturated rings. The third kappa shape index (κ3) is 2.74. The molecule has 1 aromatic carbocycles. The number of ether oxygens (including phenoxy) is 1. The number of fused-ring (bicyclic) bond motifs is 1. The quantitative estimate of drug-likeness (QED) is 0.922.